The molecule has 2 aliphatic rings. The smallest absolute Gasteiger partial charge is 0.287 e. The third-order valence-electron chi connectivity index (χ3n) is 4.74. The number of hydrogen-bond acceptors (Lipinski definition) is 6. The monoisotopic (exact) mass is 388 g/mol. The van der Waals surface area contributed by atoms with Crippen LogP contribution in [0.1, 0.15) is 29.3 Å². The molecule has 5 N–H and O–H groups in total. The van der Waals surface area contributed by atoms with Gasteiger partial charge in [0, 0.05) is 30.4 Å². The number of benzene rings is 1. The number of hydrazine groups is 1. The molecule has 10 heteroatoms. The van der Waals surface area contributed by atoms with E-state index in [0.717, 1.165) is 22.4 Å². The Morgan fingerprint density at radius 2 is 2.00 bits per heavy atom. The van der Waals surface area contributed by atoms with Gasteiger partial charge in [-0.3, -0.25) is 4.79 Å². The Morgan fingerprint density at radius 1 is 1.19 bits per heavy atom. The van der Waals surface area contributed by atoms with E-state index in [1.807, 2.05) is 30.3 Å². The Hall–Kier alpha value is -2.53. The highest BCUT2D eigenvalue weighted by molar-refractivity contribution is 7.87. The van der Waals surface area contributed by atoms with Gasteiger partial charge in [-0.25, -0.2) is 15.1 Å². The summed E-state index contributed by atoms with van der Waals surface area (Å²) in [6.07, 6.45) is 2.81. The molecule has 0 radical (unpaired) electrons. The zero-order valence-electron chi connectivity index (χ0n) is 14.5. The van der Waals surface area contributed by atoms with E-state index in [1.54, 1.807) is 11.2 Å². The van der Waals surface area contributed by atoms with E-state index >= 15 is 0 Å². The zero-order chi connectivity index (χ0) is 19.0. The summed E-state index contributed by atoms with van der Waals surface area (Å²) in [6, 6.07) is 9.68. The number of carbonyl (C=O) groups is 1. The third kappa shape index (κ3) is 3.78. The molecule has 1 atom stereocenters. The average molecular weight is 388 g/mol. The molecule has 3 heterocycles. The molecule has 142 valence electrons. The van der Waals surface area contributed by atoms with Crippen LogP contribution in [0.2, 0.25) is 0 Å². The van der Waals surface area contributed by atoms with Gasteiger partial charge in [0.2, 0.25) is 5.91 Å². The van der Waals surface area contributed by atoms with E-state index < -0.39 is 16.4 Å². The molecule has 1 unspecified atom stereocenters. The fourth-order valence-electron chi connectivity index (χ4n) is 3.55. The molecule has 0 spiro atoms. The SMILES string of the molecule is NS(=O)(=O)NN1CCc2ccccc2C1Nc1ccnc2c1CCC(=O)N2. The molecule has 1 amide bonds. The maximum absolute atomic E-state index is 11.6. The lowest BCUT2D eigenvalue weighted by molar-refractivity contribution is -0.116. The fourth-order valence-corrected chi connectivity index (χ4v) is 4.08. The van der Waals surface area contributed by atoms with Crippen molar-refractivity contribution in [2.45, 2.75) is 25.4 Å². The lowest BCUT2D eigenvalue weighted by Crippen LogP contribution is -2.52. The predicted octanol–water partition coefficient (Wildman–Crippen LogP) is 0.643. The van der Waals surface area contributed by atoms with Gasteiger partial charge in [-0.2, -0.15) is 8.42 Å². The van der Waals surface area contributed by atoms with E-state index in [1.165, 1.54) is 0 Å². The number of pyridine rings is 1. The molecule has 0 saturated carbocycles. The van der Waals surface area contributed by atoms with Crippen molar-refractivity contribution < 1.29 is 13.2 Å². The number of aromatic nitrogens is 1. The first kappa shape index (κ1) is 17.9. The van der Waals surface area contributed by atoms with Crippen molar-refractivity contribution in [2.24, 2.45) is 5.14 Å². The highest BCUT2D eigenvalue weighted by Crippen LogP contribution is 2.34. The average Bonchev–Trinajstić information content (AvgIpc) is 2.62. The van der Waals surface area contributed by atoms with Crippen molar-refractivity contribution in [3.63, 3.8) is 0 Å². The maximum atomic E-state index is 11.6. The second-order valence-corrected chi connectivity index (χ2v) is 7.83. The van der Waals surface area contributed by atoms with E-state index in [9.17, 15) is 13.2 Å². The standard InChI is InChI=1S/C17H20N6O3S/c18-27(25,26)22-23-10-8-11-3-1-2-4-12(11)17(23)20-14-7-9-19-16-13(14)5-6-15(24)21-16/h1-4,7,9,17,22H,5-6,8,10H2,(H2,18,25,26)(H2,19,20,21,24). The summed E-state index contributed by atoms with van der Waals surface area (Å²) in [5, 5.41) is 13.0. The van der Waals surface area contributed by atoms with Gasteiger partial charge in [-0.15, -0.1) is 4.83 Å². The summed E-state index contributed by atoms with van der Waals surface area (Å²) < 4.78 is 23.2. The number of amides is 1. The van der Waals surface area contributed by atoms with Crippen LogP contribution in [0.4, 0.5) is 11.5 Å². The van der Waals surface area contributed by atoms with Gasteiger partial charge in [-0.05, 0) is 30.0 Å². The molecule has 0 saturated heterocycles. The molecule has 0 bridgehead atoms. The number of nitrogens with two attached hydrogens (primary N) is 1. The molecule has 2 aromatic rings. The Bertz CT molecular complexity index is 994. The van der Waals surface area contributed by atoms with Crippen LogP contribution in [0, 0.1) is 0 Å². The van der Waals surface area contributed by atoms with Crippen molar-refractivity contribution in [1.82, 2.24) is 14.8 Å². The molecule has 27 heavy (non-hydrogen) atoms. The Balaban J connectivity index is 1.71. The van der Waals surface area contributed by atoms with Crippen LogP contribution in [0.5, 0.6) is 0 Å². The lowest BCUT2D eigenvalue weighted by Gasteiger charge is -2.38. The molecule has 0 fully saturated rings. The van der Waals surface area contributed by atoms with Crippen molar-refractivity contribution in [1.29, 1.82) is 0 Å². The molecule has 2 aliphatic heterocycles. The topological polar surface area (TPSA) is 129 Å². The summed E-state index contributed by atoms with van der Waals surface area (Å²) in [5.41, 5.74) is 3.79. The quantitative estimate of drug-likeness (QED) is 0.608. The largest absolute Gasteiger partial charge is 0.364 e. The van der Waals surface area contributed by atoms with Gasteiger partial charge in [0.1, 0.15) is 12.0 Å². The van der Waals surface area contributed by atoms with Crippen molar-refractivity contribution in [3.8, 4) is 0 Å². The van der Waals surface area contributed by atoms with E-state index in [0.29, 0.717) is 31.6 Å². The van der Waals surface area contributed by atoms with Gasteiger partial charge in [0.25, 0.3) is 10.2 Å². The van der Waals surface area contributed by atoms with E-state index in [2.05, 4.69) is 20.4 Å². The predicted molar refractivity (Wildman–Crippen MR) is 101 cm³/mol. The summed E-state index contributed by atoms with van der Waals surface area (Å²) in [5.74, 6) is 0.471. The maximum Gasteiger partial charge on any atom is 0.287 e. The summed E-state index contributed by atoms with van der Waals surface area (Å²) in [7, 11) is -3.91. The Labute approximate surface area is 157 Å². The van der Waals surface area contributed by atoms with Gasteiger partial charge < -0.3 is 10.6 Å². The molecule has 9 nitrogen and oxygen atoms in total. The first-order valence-electron chi connectivity index (χ1n) is 8.59. The van der Waals surface area contributed by atoms with Crippen LogP contribution in [-0.2, 0) is 27.8 Å². The molecule has 0 aliphatic carbocycles. The fraction of sp³-hybridized carbons (Fsp3) is 0.294. The van der Waals surface area contributed by atoms with Crippen molar-refractivity contribution in [3.05, 3.63) is 53.2 Å². The number of nitrogens with zero attached hydrogens (tertiary/aromatic N) is 2. The molecule has 1 aromatic heterocycles. The highest BCUT2D eigenvalue weighted by atomic mass is 32.2. The van der Waals surface area contributed by atoms with Crippen LogP contribution in [0.3, 0.4) is 0 Å². The van der Waals surface area contributed by atoms with Crippen molar-refractivity contribution >= 4 is 27.6 Å². The van der Waals surface area contributed by atoms with Crippen LogP contribution in [0.25, 0.3) is 0 Å². The minimum atomic E-state index is -3.91. The third-order valence-corrected chi connectivity index (χ3v) is 5.22. The molecular formula is C17H20N6O3S. The Kier molecular flexibility index (Phi) is 4.56. The first-order valence-corrected chi connectivity index (χ1v) is 10.1. The number of nitrogens with one attached hydrogen (secondary N) is 3. The minimum absolute atomic E-state index is 0.0623. The van der Waals surface area contributed by atoms with Gasteiger partial charge in [0.15, 0.2) is 0 Å². The van der Waals surface area contributed by atoms with E-state index in [4.69, 9.17) is 5.14 Å². The Morgan fingerprint density at radius 3 is 2.81 bits per heavy atom. The molecular weight excluding hydrogens is 368 g/mol. The zero-order valence-corrected chi connectivity index (χ0v) is 15.3. The summed E-state index contributed by atoms with van der Waals surface area (Å²) in [6.45, 7) is 0.467. The van der Waals surface area contributed by atoms with Crippen LogP contribution in [0.15, 0.2) is 36.5 Å². The van der Waals surface area contributed by atoms with Crippen LogP contribution in [-0.4, -0.2) is 30.9 Å². The lowest BCUT2D eigenvalue weighted by atomic mass is 9.97. The highest BCUT2D eigenvalue weighted by Gasteiger charge is 2.30. The summed E-state index contributed by atoms with van der Waals surface area (Å²) >= 11 is 0. The van der Waals surface area contributed by atoms with Gasteiger partial charge in [-0.1, -0.05) is 24.3 Å². The number of rotatable bonds is 4. The number of hydrogen-bond donors (Lipinski definition) is 4. The number of anilines is 2. The number of fused-ring (bicyclic) bond motifs is 2. The second-order valence-electron chi connectivity index (χ2n) is 6.56. The molecule has 4 rings (SSSR count). The van der Waals surface area contributed by atoms with Crippen LogP contribution >= 0.6 is 0 Å². The second kappa shape index (κ2) is 6.89. The number of carbonyl (C=O) groups excluding carboxylic acids is 1. The molecule has 1 aromatic carbocycles. The van der Waals surface area contributed by atoms with E-state index in [-0.39, 0.29) is 5.91 Å². The van der Waals surface area contributed by atoms with Crippen LogP contribution < -0.4 is 20.6 Å². The van der Waals surface area contributed by atoms with Gasteiger partial charge >= 0.3 is 0 Å². The van der Waals surface area contributed by atoms with Crippen molar-refractivity contribution in [2.75, 3.05) is 17.2 Å². The van der Waals surface area contributed by atoms with Gasteiger partial charge in [0.05, 0.1) is 0 Å². The minimum Gasteiger partial charge on any atom is -0.364 e. The summed E-state index contributed by atoms with van der Waals surface area (Å²) in [4.78, 5) is 18.3. The normalized spacial score (nSPS) is 19.7. The first-order chi connectivity index (χ1) is 12.9.